The largest absolute Gasteiger partial charge is 0.507 e. The lowest BCUT2D eigenvalue weighted by Gasteiger charge is -2.14. The second kappa shape index (κ2) is 5.47. The predicted molar refractivity (Wildman–Crippen MR) is 69.9 cm³/mol. The standard InChI is InChI=1S/C15H11F3O3/c1-21-14(20)11-7-10(9-5-3-2-4-6-9)13(19)8-12(11)15(16,17)18/h2-8,19H,1H3. The topological polar surface area (TPSA) is 46.5 Å². The van der Waals surface area contributed by atoms with Crippen LogP contribution in [0.4, 0.5) is 13.2 Å². The lowest BCUT2D eigenvalue weighted by Crippen LogP contribution is -2.14. The van der Waals surface area contributed by atoms with Gasteiger partial charge in [0.1, 0.15) is 5.75 Å². The molecule has 0 spiro atoms. The van der Waals surface area contributed by atoms with E-state index in [-0.39, 0.29) is 5.56 Å². The van der Waals surface area contributed by atoms with Crippen molar-refractivity contribution in [1.29, 1.82) is 0 Å². The Morgan fingerprint density at radius 2 is 1.76 bits per heavy atom. The minimum Gasteiger partial charge on any atom is -0.507 e. The van der Waals surface area contributed by atoms with E-state index in [2.05, 4.69) is 4.74 Å². The molecule has 0 unspecified atom stereocenters. The third kappa shape index (κ3) is 2.99. The summed E-state index contributed by atoms with van der Waals surface area (Å²) in [6.45, 7) is 0. The van der Waals surface area contributed by atoms with Crippen molar-refractivity contribution in [2.75, 3.05) is 7.11 Å². The SMILES string of the molecule is COC(=O)c1cc(-c2ccccc2)c(O)cc1C(F)(F)F. The maximum absolute atomic E-state index is 12.9. The molecule has 2 rings (SSSR count). The fraction of sp³-hybridized carbons (Fsp3) is 0.133. The Morgan fingerprint density at radius 3 is 2.29 bits per heavy atom. The van der Waals surface area contributed by atoms with Gasteiger partial charge in [0.15, 0.2) is 0 Å². The number of methoxy groups -OCH3 is 1. The highest BCUT2D eigenvalue weighted by Gasteiger charge is 2.36. The summed E-state index contributed by atoms with van der Waals surface area (Å²) in [6, 6.07) is 9.82. The Balaban J connectivity index is 2.69. The van der Waals surface area contributed by atoms with E-state index >= 15 is 0 Å². The number of hydrogen-bond acceptors (Lipinski definition) is 3. The smallest absolute Gasteiger partial charge is 0.417 e. The molecule has 0 aliphatic heterocycles. The third-order valence-corrected chi connectivity index (χ3v) is 2.93. The van der Waals surface area contributed by atoms with Crippen molar-refractivity contribution in [1.82, 2.24) is 0 Å². The Hall–Kier alpha value is -2.50. The monoisotopic (exact) mass is 296 g/mol. The number of hydrogen-bond donors (Lipinski definition) is 1. The number of ether oxygens (including phenoxy) is 1. The molecule has 0 atom stereocenters. The van der Waals surface area contributed by atoms with Gasteiger partial charge in [-0.15, -0.1) is 0 Å². The van der Waals surface area contributed by atoms with E-state index in [1.165, 1.54) is 0 Å². The van der Waals surface area contributed by atoms with E-state index in [0.29, 0.717) is 11.6 Å². The zero-order chi connectivity index (χ0) is 15.6. The molecule has 0 aliphatic rings. The Morgan fingerprint density at radius 1 is 1.14 bits per heavy atom. The lowest BCUT2D eigenvalue weighted by atomic mass is 9.97. The van der Waals surface area contributed by atoms with Crippen LogP contribution in [0.5, 0.6) is 5.75 Å². The summed E-state index contributed by atoms with van der Waals surface area (Å²) in [6.07, 6.45) is -4.77. The average molecular weight is 296 g/mol. The normalized spacial score (nSPS) is 11.2. The Kier molecular flexibility index (Phi) is 3.88. The third-order valence-electron chi connectivity index (χ3n) is 2.93. The molecule has 0 fully saturated rings. The van der Waals surface area contributed by atoms with Crippen LogP contribution in [-0.4, -0.2) is 18.2 Å². The van der Waals surface area contributed by atoms with E-state index in [4.69, 9.17) is 0 Å². The Bertz CT molecular complexity index is 664. The number of aromatic hydroxyl groups is 1. The maximum atomic E-state index is 12.9. The van der Waals surface area contributed by atoms with Gasteiger partial charge >= 0.3 is 12.1 Å². The summed E-state index contributed by atoms with van der Waals surface area (Å²) in [4.78, 5) is 11.6. The van der Waals surface area contributed by atoms with E-state index in [1.54, 1.807) is 30.3 Å². The molecule has 3 nitrogen and oxygen atoms in total. The van der Waals surface area contributed by atoms with Gasteiger partial charge < -0.3 is 9.84 Å². The van der Waals surface area contributed by atoms with Gasteiger partial charge in [-0.3, -0.25) is 0 Å². The zero-order valence-electron chi connectivity index (χ0n) is 10.9. The number of benzene rings is 2. The molecule has 0 saturated heterocycles. The number of rotatable bonds is 2. The van der Waals surface area contributed by atoms with Gasteiger partial charge in [0, 0.05) is 5.56 Å². The first kappa shape index (κ1) is 14.9. The summed E-state index contributed by atoms with van der Waals surface area (Å²) in [7, 11) is 0.998. The molecular weight excluding hydrogens is 285 g/mol. The van der Waals surface area contributed by atoms with E-state index < -0.39 is 29.0 Å². The van der Waals surface area contributed by atoms with Crippen molar-refractivity contribution in [2.24, 2.45) is 0 Å². The van der Waals surface area contributed by atoms with E-state index in [9.17, 15) is 23.1 Å². The molecule has 0 saturated carbocycles. The minimum atomic E-state index is -4.77. The Labute approximate surface area is 118 Å². The van der Waals surface area contributed by atoms with Gasteiger partial charge in [-0.2, -0.15) is 13.2 Å². The van der Waals surface area contributed by atoms with Crippen LogP contribution in [0.1, 0.15) is 15.9 Å². The molecule has 0 aliphatic carbocycles. The molecule has 21 heavy (non-hydrogen) atoms. The predicted octanol–water partition coefficient (Wildman–Crippen LogP) is 3.86. The minimum absolute atomic E-state index is 0.129. The van der Waals surface area contributed by atoms with Gasteiger partial charge in [-0.05, 0) is 17.7 Å². The highest BCUT2D eigenvalue weighted by atomic mass is 19.4. The highest BCUT2D eigenvalue weighted by Crippen LogP contribution is 2.39. The number of phenols is 1. The van der Waals surface area contributed by atoms with Crippen LogP contribution in [0.15, 0.2) is 42.5 Å². The molecule has 0 amide bonds. The number of halogens is 3. The first-order valence-corrected chi connectivity index (χ1v) is 5.92. The van der Waals surface area contributed by atoms with Crippen molar-refractivity contribution in [3.8, 4) is 16.9 Å². The number of alkyl halides is 3. The maximum Gasteiger partial charge on any atom is 0.417 e. The molecule has 110 valence electrons. The summed E-state index contributed by atoms with van der Waals surface area (Å²) in [5, 5.41) is 9.83. The van der Waals surface area contributed by atoms with Crippen LogP contribution >= 0.6 is 0 Å². The molecule has 2 aromatic carbocycles. The van der Waals surface area contributed by atoms with Gasteiger partial charge in [-0.25, -0.2) is 4.79 Å². The lowest BCUT2D eigenvalue weighted by molar-refractivity contribution is -0.138. The van der Waals surface area contributed by atoms with E-state index in [1.807, 2.05) is 0 Å². The molecular formula is C15H11F3O3. The molecule has 0 aromatic heterocycles. The summed E-state index contributed by atoms with van der Waals surface area (Å²) >= 11 is 0. The van der Waals surface area contributed by atoms with Crippen molar-refractivity contribution < 1.29 is 27.8 Å². The molecule has 6 heteroatoms. The molecule has 0 heterocycles. The number of phenolic OH excluding ortho intramolecular Hbond substituents is 1. The highest BCUT2D eigenvalue weighted by molar-refractivity contribution is 5.94. The van der Waals surface area contributed by atoms with Crippen molar-refractivity contribution >= 4 is 5.97 Å². The van der Waals surface area contributed by atoms with Crippen LogP contribution in [0, 0.1) is 0 Å². The molecule has 1 N–H and O–H groups in total. The van der Waals surface area contributed by atoms with Crippen molar-refractivity contribution in [3.63, 3.8) is 0 Å². The van der Waals surface area contributed by atoms with Gasteiger partial charge in [0.25, 0.3) is 0 Å². The number of esters is 1. The van der Waals surface area contributed by atoms with Crippen LogP contribution in [0.25, 0.3) is 11.1 Å². The fourth-order valence-corrected chi connectivity index (χ4v) is 1.95. The molecule has 0 bridgehead atoms. The summed E-state index contributed by atoms with van der Waals surface area (Å²) < 4.78 is 43.2. The summed E-state index contributed by atoms with van der Waals surface area (Å²) in [5.74, 6) is -1.67. The summed E-state index contributed by atoms with van der Waals surface area (Å²) in [5.41, 5.74) is -1.24. The van der Waals surface area contributed by atoms with Crippen LogP contribution in [0.2, 0.25) is 0 Å². The van der Waals surface area contributed by atoms with Gasteiger partial charge in [-0.1, -0.05) is 30.3 Å². The zero-order valence-corrected chi connectivity index (χ0v) is 10.9. The van der Waals surface area contributed by atoms with Crippen LogP contribution in [0.3, 0.4) is 0 Å². The molecule has 2 aromatic rings. The first-order chi connectivity index (χ1) is 9.84. The number of carbonyl (C=O) groups is 1. The first-order valence-electron chi connectivity index (χ1n) is 5.92. The second-order valence-electron chi connectivity index (χ2n) is 4.27. The average Bonchev–Trinajstić information content (AvgIpc) is 2.46. The molecule has 0 radical (unpaired) electrons. The quantitative estimate of drug-likeness (QED) is 0.856. The van der Waals surface area contributed by atoms with Gasteiger partial charge in [0.05, 0.1) is 18.2 Å². The van der Waals surface area contributed by atoms with Crippen molar-refractivity contribution in [3.05, 3.63) is 53.6 Å². The van der Waals surface area contributed by atoms with E-state index in [0.717, 1.165) is 13.2 Å². The van der Waals surface area contributed by atoms with Crippen molar-refractivity contribution in [2.45, 2.75) is 6.18 Å². The van der Waals surface area contributed by atoms with Gasteiger partial charge in [0.2, 0.25) is 0 Å². The number of carbonyl (C=O) groups excluding carboxylic acids is 1. The fourth-order valence-electron chi connectivity index (χ4n) is 1.95. The second-order valence-corrected chi connectivity index (χ2v) is 4.27. The van der Waals surface area contributed by atoms with Crippen LogP contribution < -0.4 is 0 Å². The van der Waals surface area contributed by atoms with Crippen LogP contribution in [-0.2, 0) is 10.9 Å².